The molecule has 4 heteroatoms. The van der Waals surface area contributed by atoms with Crippen LogP contribution >= 0.6 is 0 Å². The lowest BCUT2D eigenvalue weighted by atomic mass is 9.85. The summed E-state index contributed by atoms with van der Waals surface area (Å²) in [6.45, 7) is 3.20. The summed E-state index contributed by atoms with van der Waals surface area (Å²) in [7, 11) is 0. The van der Waals surface area contributed by atoms with Crippen LogP contribution in [0.2, 0.25) is 0 Å². The largest absolute Gasteiger partial charge is 0.469 e. The van der Waals surface area contributed by atoms with Crippen molar-refractivity contribution in [1.82, 2.24) is 4.90 Å². The molecule has 1 aromatic heterocycles. The number of likely N-dealkylation sites (tertiary alicyclic amines) is 1. The van der Waals surface area contributed by atoms with Crippen molar-refractivity contribution >= 4 is 5.91 Å². The molecule has 1 aromatic rings. The average molecular weight is 220 g/mol. The molecule has 0 radical (unpaired) electrons. The Labute approximate surface area is 94.4 Å². The van der Waals surface area contributed by atoms with Gasteiger partial charge in [0.2, 0.25) is 0 Å². The number of carbonyl (C=O) groups is 1. The van der Waals surface area contributed by atoms with E-state index < -0.39 is 0 Å². The zero-order chi connectivity index (χ0) is 11.3. The fraction of sp³-hybridized carbons (Fsp3) is 0.583. The lowest BCUT2D eigenvalue weighted by molar-refractivity contribution is 0.0349. The topological polar surface area (TPSA) is 59.5 Å². The van der Waals surface area contributed by atoms with Gasteiger partial charge in [-0.15, -0.1) is 0 Å². The molecule has 2 fully saturated rings. The van der Waals surface area contributed by atoms with Crippen molar-refractivity contribution < 1.29 is 9.21 Å². The Kier molecular flexibility index (Phi) is 1.92. The van der Waals surface area contributed by atoms with Crippen LogP contribution in [-0.4, -0.2) is 29.4 Å². The van der Waals surface area contributed by atoms with E-state index in [0.717, 1.165) is 0 Å². The van der Waals surface area contributed by atoms with E-state index in [1.165, 1.54) is 12.8 Å². The monoisotopic (exact) mass is 220 g/mol. The van der Waals surface area contributed by atoms with E-state index in [9.17, 15) is 4.79 Å². The second-order valence-corrected chi connectivity index (χ2v) is 5.06. The first kappa shape index (κ1) is 9.90. The van der Waals surface area contributed by atoms with E-state index in [0.29, 0.717) is 30.3 Å². The maximum absolute atomic E-state index is 12.1. The molecule has 16 heavy (non-hydrogen) atoms. The molecule has 1 saturated carbocycles. The number of furan rings is 1. The van der Waals surface area contributed by atoms with Crippen molar-refractivity contribution in [2.75, 3.05) is 13.1 Å². The zero-order valence-electron chi connectivity index (χ0n) is 9.40. The van der Waals surface area contributed by atoms with Crippen LogP contribution in [0.1, 0.15) is 29.0 Å². The maximum atomic E-state index is 12.1. The van der Waals surface area contributed by atoms with Crippen molar-refractivity contribution in [2.24, 2.45) is 11.7 Å². The van der Waals surface area contributed by atoms with Gasteiger partial charge in [-0.1, -0.05) is 0 Å². The normalized spacial score (nSPS) is 23.0. The van der Waals surface area contributed by atoms with Gasteiger partial charge in [0.1, 0.15) is 5.76 Å². The van der Waals surface area contributed by atoms with Crippen LogP contribution in [0.4, 0.5) is 0 Å². The van der Waals surface area contributed by atoms with E-state index >= 15 is 0 Å². The molecule has 0 spiro atoms. The number of rotatable bonds is 2. The Morgan fingerprint density at radius 3 is 2.75 bits per heavy atom. The van der Waals surface area contributed by atoms with Crippen LogP contribution in [0.5, 0.6) is 0 Å². The molecule has 2 N–H and O–H groups in total. The molecular formula is C12H16N2O2. The average Bonchev–Trinajstić information content (AvgIpc) is 2.97. The molecule has 1 aliphatic heterocycles. The van der Waals surface area contributed by atoms with Gasteiger partial charge in [-0.25, -0.2) is 0 Å². The van der Waals surface area contributed by atoms with E-state index in [1.807, 2.05) is 11.8 Å². The summed E-state index contributed by atoms with van der Waals surface area (Å²) in [4.78, 5) is 13.9. The fourth-order valence-corrected chi connectivity index (χ4v) is 2.50. The molecule has 2 heterocycles. The SMILES string of the molecule is Cc1occc1C(=O)N1CC(N)(C2CC2)C1. The van der Waals surface area contributed by atoms with Crippen molar-refractivity contribution in [3.8, 4) is 0 Å². The molecule has 86 valence electrons. The van der Waals surface area contributed by atoms with E-state index in [4.69, 9.17) is 10.2 Å². The van der Waals surface area contributed by atoms with Crippen LogP contribution < -0.4 is 5.73 Å². The van der Waals surface area contributed by atoms with Crippen LogP contribution in [0.25, 0.3) is 0 Å². The minimum absolute atomic E-state index is 0.0491. The Balaban J connectivity index is 1.68. The standard InChI is InChI=1S/C12H16N2O2/c1-8-10(4-5-16-8)11(15)14-6-12(13,7-14)9-2-3-9/h4-5,9H,2-3,6-7,13H2,1H3. The number of amides is 1. The third-order valence-corrected chi connectivity index (χ3v) is 3.74. The summed E-state index contributed by atoms with van der Waals surface area (Å²) in [5.41, 5.74) is 6.77. The van der Waals surface area contributed by atoms with Gasteiger partial charge in [-0.3, -0.25) is 4.79 Å². The molecule has 4 nitrogen and oxygen atoms in total. The van der Waals surface area contributed by atoms with Crippen molar-refractivity contribution in [3.63, 3.8) is 0 Å². The van der Waals surface area contributed by atoms with E-state index in [1.54, 1.807) is 12.3 Å². The molecule has 2 aliphatic rings. The first-order valence-corrected chi connectivity index (χ1v) is 5.72. The number of nitrogens with zero attached hydrogens (tertiary/aromatic N) is 1. The van der Waals surface area contributed by atoms with Crippen molar-refractivity contribution in [2.45, 2.75) is 25.3 Å². The zero-order valence-corrected chi connectivity index (χ0v) is 9.40. The first-order valence-electron chi connectivity index (χ1n) is 5.72. The number of carbonyl (C=O) groups excluding carboxylic acids is 1. The molecule has 0 atom stereocenters. The Morgan fingerprint density at radius 2 is 2.25 bits per heavy atom. The molecule has 0 unspecified atom stereocenters. The quantitative estimate of drug-likeness (QED) is 0.813. The highest BCUT2D eigenvalue weighted by Crippen LogP contribution is 2.43. The third kappa shape index (κ3) is 1.37. The van der Waals surface area contributed by atoms with Gasteiger partial charge in [0.05, 0.1) is 17.4 Å². The van der Waals surface area contributed by atoms with Gasteiger partial charge < -0.3 is 15.1 Å². The summed E-state index contributed by atoms with van der Waals surface area (Å²) in [6.07, 6.45) is 4.01. The summed E-state index contributed by atoms with van der Waals surface area (Å²) in [5.74, 6) is 1.38. The molecule has 0 bridgehead atoms. The van der Waals surface area contributed by atoms with Crippen molar-refractivity contribution in [1.29, 1.82) is 0 Å². The van der Waals surface area contributed by atoms with Gasteiger partial charge in [0, 0.05) is 13.1 Å². The number of hydrogen-bond donors (Lipinski definition) is 1. The highest BCUT2D eigenvalue weighted by atomic mass is 16.3. The number of nitrogens with two attached hydrogens (primary N) is 1. The summed E-state index contributed by atoms with van der Waals surface area (Å²) >= 11 is 0. The molecule has 0 aromatic carbocycles. The van der Waals surface area contributed by atoms with Crippen LogP contribution in [-0.2, 0) is 0 Å². The van der Waals surface area contributed by atoms with E-state index in [-0.39, 0.29) is 11.4 Å². The Morgan fingerprint density at radius 1 is 1.56 bits per heavy atom. The Bertz CT molecular complexity index is 428. The molecular weight excluding hydrogens is 204 g/mol. The summed E-state index contributed by atoms with van der Waals surface area (Å²) < 4.78 is 5.14. The molecule has 1 aliphatic carbocycles. The first-order chi connectivity index (χ1) is 7.60. The predicted molar refractivity (Wildman–Crippen MR) is 59.0 cm³/mol. The summed E-state index contributed by atoms with van der Waals surface area (Å²) in [5, 5.41) is 0. The van der Waals surface area contributed by atoms with Gasteiger partial charge in [0.25, 0.3) is 5.91 Å². The van der Waals surface area contributed by atoms with Crippen LogP contribution in [0.3, 0.4) is 0 Å². The van der Waals surface area contributed by atoms with Crippen LogP contribution in [0.15, 0.2) is 16.7 Å². The Hall–Kier alpha value is -1.29. The minimum Gasteiger partial charge on any atom is -0.469 e. The molecule has 1 saturated heterocycles. The van der Waals surface area contributed by atoms with Gasteiger partial charge in [-0.05, 0) is 31.7 Å². The highest BCUT2D eigenvalue weighted by Gasteiger charge is 2.51. The van der Waals surface area contributed by atoms with Gasteiger partial charge in [0.15, 0.2) is 0 Å². The van der Waals surface area contributed by atoms with Crippen LogP contribution in [0, 0.1) is 12.8 Å². The third-order valence-electron chi connectivity index (χ3n) is 3.74. The minimum atomic E-state index is -0.104. The fourth-order valence-electron chi connectivity index (χ4n) is 2.50. The second-order valence-electron chi connectivity index (χ2n) is 5.06. The predicted octanol–water partition coefficient (Wildman–Crippen LogP) is 1.15. The van der Waals surface area contributed by atoms with Gasteiger partial charge in [-0.2, -0.15) is 0 Å². The van der Waals surface area contributed by atoms with Gasteiger partial charge >= 0.3 is 0 Å². The lowest BCUT2D eigenvalue weighted by Crippen LogP contribution is -2.69. The smallest absolute Gasteiger partial charge is 0.257 e. The van der Waals surface area contributed by atoms with E-state index in [2.05, 4.69) is 0 Å². The number of aryl methyl sites for hydroxylation is 1. The second kappa shape index (κ2) is 3.10. The maximum Gasteiger partial charge on any atom is 0.257 e. The lowest BCUT2D eigenvalue weighted by Gasteiger charge is -2.48. The molecule has 3 rings (SSSR count). The molecule has 1 amide bonds. The number of hydrogen-bond acceptors (Lipinski definition) is 3. The highest BCUT2D eigenvalue weighted by molar-refractivity contribution is 5.95. The summed E-state index contributed by atoms with van der Waals surface area (Å²) in [6, 6.07) is 1.73. The van der Waals surface area contributed by atoms with Crippen molar-refractivity contribution in [3.05, 3.63) is 23.7 Å².